The maximum atomic E-state index is 12.1. The third-order valence-electron chi connectivity index (χ3n) is 9.09. The Balaban J connectivity index is 0.000000206. The highest BCUT2D eigenvalue weighted by Gasteiger charge is 2.32. The quantitative estimate of drug-likeness (QED) is 0.0968. The fourth-order valence-electron chi connectivity index (χ4n) is 5.94. The third kappa shape index (κ3) is 12.2. The molecule has 6 heterocycles. The lowest BCUT2D eigenvalue weighted by Crippen LogP contribution is -2.50. The van der Waals surface area contributed by atoms with Gasteiger partial charge in [-0.15, -0.1) is 22.7 Å². The van der Waals surface area contributed by atoms with Crippen LogP contribution < -0.4 is 10.6 Å². The fraction of sp³-hybridized carbons (Fsp3) is 0.486. The number of nitriles is 1. The molecule has 0 spiro atoms. The third-order valence-corrected chi connectivity index (χ3v) is 10.9. The number of hydrogen-bond donors (Lipinski definition) is 3. The van der Waals surface area contributed by atoms with Crippen molar-refractivity contribution in [3.05, 3.63) is 58.5 Å². The molecule has 0 aromatic carbocycles. The Kier molecular flexibility index (Phi) is 15.3. The molecule has 6 rings (SSSR count). The number of unbranched alkanes of at least 4 members (excludes halogenated alkanes) is 4. The number of carboxylic acids is 1. The average Bonchev–Trinajstić information content (AvgIpc) is 3.95. The summed E-state index contributed by atoms with van der Waals surface area (Å²) < 4.78 is 10.4. The summed E-state index contributed by atoms with van der Waals surface area (Å²) in [6, 6.07) is 13.0. The van der Waals surface area contributed by atoms with Crippen LogP contribution in [0.1, 0.15) is 72.3 Å². The summed E-state index contributed by atoms with van der Waals surface area (Å²) in [5, 5.41) is 34.6. The van der Waals surface area contributed by atoms with E-state index in [0.717, 1.165) is 74.5 Å². The second kappa shape index (κ2) is 20.5. The van der Waals surface area contributed by atoms with Crippen LogP contribution in [0, 0.1) is 23.2 Å². The Morgan fingerprint density at radius 2 is 1.26 bits per heavy atom. The maximum Gasteiger partial charge on any atom is 0.309 e. The lowest BCUT2D eigenvalue weighted by atomic mass is 9.92. The summed E-state index contributed by atoms with van der Waals surface area (Å²) in [6.07, 6.45) is 6.56. The molecule has 282 valence electrons. The van der Waals surface area contributed by atoms with Gasteiger partial charge in [-0.1, -0.05) is 35.3 Å². The zero-order valence-corrected chi connectivity index (χ0v) is 31.2. The number of aliphatic carboxylic acids is 1. The van der Waals surface area contributed by atoms with Crippen LogP contribution in [0.4, 0.5) is 0 Å². The van der Waals surface area contributed by atoms with Crippen molar-refractivity contribution < 1.29 is 33.3 Å². The van der Waals surface area contributed by atoms with Gasteiger partial charge in [-0.3, -0.25) is 19.2 Å². The number of nitrogens with one attached hydrogen (secondary N) is 2. The van der Waals surface area contributed by atoms with Gasteiger partial charge in [0.15, 0.2) is 22.9 Å². The second-order valence-corrected chi connectivity index (χ2v) is 15.0. The summed E-state index contributed by atoms with van der Waals surface area (Å²) >= 11 is 3.08. The first-order chi connectivity index (χ1) is 25.8. The van der Waals surface area contributed by atoms with Gasteiger partial charge >= 0.3 is 5.97 Å². The van der Waals surface area contributed by atoms with E-state index in [1.165, 1.54) is 11.3 Å². The number of Topliss-reactive ketones (excluding diaryl/α,β-unsaturated/α-hetero) is 1. The second-order valence-electron chi connectivity index (χ2n) is 13.1. The molecule has 14 nitrogen and oxygen atoms in total. The van der Waals surface area contributed by atoms with Crippen LogP contribution in [0.25, 0.3) is 21.3 Å². The molecule has 2 amide bonds. The number of hydrogen-bond acceptors (Lipinski definition) is 13. The fourth-order valence-corrected chi connectivity index (χ4v) is 7.29. The van der Waals surface area contributed by atoms with Gasteiger partial charge in [0.1, 0.15) is 5.78 Å². The molecule has 0 saturated carbocycles. The van der Waals surface area contributed by atoms with Crippen molar-refractivity contribution in [1.29, 1.82) is 5.26 Å². The average molecular weight is 764 g/mol. The van der Waals surface area contributed by atoms with Crippen LogP contribution in [0.15, 0.2) is 56.2 Å². The van der Waals surface area contributed by atoms with Crippen LogP contribution in [0.3, 0.4) is 0 Å². The van der Waals surface area contributed by atoms with Gasteiger partial charge in [0.05, 0.1) is 21.7 Å². The maximum absolute atomic E-state index is 12.1. The van der Waals surface area contributed by atoms with E-state index in [9.17, 15) is 19.2 Å². The van der Waals surface area contributed by atoms with Crippen molar-refractivity contribution in [3.63, 3.8) is 0 Å². The molecular weight excluding hydrogens is 719 g/mol. The van der Waals surface area contributed by atoms with Gasteiger partial charge < -0.3 is 34.6 Å². The molecule has 2 fully saturated rings. The van der Waals surface area contributed by atoms with Crippen LogP contribution in [0.5, 0.6) is 0 Å². The molecule has 0 bridgehead atoms. The molecular formula is C37H45N7O7S2. The highest BCUT2D eigenvalue weighted by Crippen LogP contribution is 2.26. The van der Waals surface area contributed by atoms with Crippen molar-refractivity contribution in [3.8, 4) is 27.3 Å². The summed E-state index contributed by atoms with van der Waals surface area (Å²) in [6.45, 7) is 6.05. The lowest BCUT2D eigenvalue weighted by molar-refractivity contribution is -0.147. The number of carbonyl (C=O) groups excluding carboxylic acids is 3. The number of thiophene rings is 2. The molecule has 2 aliphatic rings. The van der Waals surface area contributed by atoms with Crippen LogP contribution >= 0.6 is 22.7 Å². The number of nitrogens with zero attached hydrogens (tertiary/aromatic N) is 5. The van der Waals surface area contributed by atoms with Gasteiger partial charge in [-0.2, -0.15) is 5.26 Å². The minimum absolute atomic E-state index is 0.120. The van der Waals surface area contributed by atoms with E-state index >= 15 is 0 Å². The molecule has 16 heteroatoms. The zero-order valence-electron chi connectivity index (χ0n) is 29.5. The van der Waals surface area contributed by atoms with E-state index in [1.54, 1.807) is 23.5 Å². The number of carboxylic acid groups (broad SMARTS) is 1. The first-order valence-corrected chi connectivity index (χ1v) is 19.7. The topological polar surface area (TPSA) is 195 Å². The Labute approximate surface area is 316 Å². The molecule has 0 radical (unpaired) electrons. The molecule has 3 N–H and O–H groups in total. The first-order valence-electron chi connectivity index (χ1n) is 18.0. The van der Waals surface area contributed by atoms with Crippen molar-refractivity contribution in [1.82, 2.24) is 30.7 Å². The van der Waals surface area contributed by atoms with Crippen LogP contribution in [0.2, 0.25) is 0 Å². The van der Waals surface area contributed by atoms with Gasteiger partial charge in [-0.05, 0) is 61.7 Å². The number of amides is 2. The number of carbonyl (C=O) groups is 4. The largest absolute Gasteiger partial charge is 0.481 e. The van der Waals surface area contributed by atoms with Crippen molar-refractivity contribution >= 4 is 46.2 Å². The van der Waals surface area contributed by atoms with Crippen LogP contribution in [-0.2, 0) is 9.59 Å². The minimum Gasteiger partial charge on any atom is -0.481 e. The van der Waals surface area contributed by atoms with E-state index in [1.807, 2.05) is 41.1 Å². The highest BCUT2D eigenvalue weighted by atomic mass is 32.1. The minimum atomic E-state index is -0.700. The summed E-state index contributed by atoms with van der Waals surface area (Å²) in [5.74, 6) is 0.222. The Morgan fingerprint density at radius 1 is 0.774 bits per heavy atom. The number of aromatic nitrogens is 2. The molecule has 0 aliphatic carbocycles. The van der Waals surface area contributed by atoms with E-state index < -0.39 is 5.97 Å². The van der Waals surface area contributed by atoms with Crippen molar-refractivity contribution in [2.24, 2.45) is 11.8 Å². The normalized spacial score (nSPS) is 14.7. The summed E-state index contributed by atoms with van der Waals surface area (Å²) in [5.41, 5.74) is 0.597. The molecule has 2 aliphatic heterocycles. The summed E-state index contributed by atoms with van der Waals surface area (Å²) in [4.78, 5) is 52.9. The standard InChI is InChI=1S/C20H24N4O3S.C17H21N3O4S/c21-8-4-6-17(25)15-13-24(14-15)10-3-1-2-9-22-20(26)16-12-18(27-23-16)19-7-5-11-28-19;21-16(13-9-14(24-19-13)15-5-4-8-25-15)18-6-2-1-3-7-20-10-12(11-20)17(22)23/h5,7,11-12,15H,1-4,6,9-10,13-14H2,(H,22,26);4-5,8-9,12H,1-3,6-7,10-11H2,(H,18,21)(H,22,23). The van der Waals surface area contributed by atoms with Crippen molar-refractivity contribution in [2.45, 2.75) is 51.4 Å². The number of rotatable bonds is 20. The number of likely N-dealkylation sites (tertiary alicyclic amines) is 2. The van der Waals surface area contributed by atoms with Gasteiger partial charge in [-0.25, -0.2) is 0 Å². The van der Waals surface area contributed by atoms with E-state index in [4.69, 9.17) is 19.4 Å². The Hall–Kier alpha value is -4.69. The number of ketones is 1. The van der Waals surface area contributed by atoms with Crippen LogP contribution in [-0.4, -0.2) is 101 Å². The Bertz CT molecular complexity index is 1790. The molecule has 2 saturated heterocycles. The van der Waals surface area contributed by atoms with E-state index in [2.05, 4.69) is 30.7 Å². The lowest BCUT2D eigenvalue weighted by Gasteiger charge is -2.38. The predicted molar refractivity (Wildman–Crippen MR) is 199 cm³/mol. The summed E-state index contributed by atoms with van der Waals surface area (Å²) in [7, 11) is 0. The molecule has 4 aromatic rings. The van der Waals surface area contributed by atoms with E-state index in [-0.39, 0.29) is 29.4 Å². The highest BCUT2D eigenvalue weighted by molar-refractivity contribution is 7.13. The van der Waals surface area contributed by atoms with Gasteiger partial charge in [0, 0.05) is 70.2 Å². The molecule has 4 aromatic heterocycles. The molecule has 0 unspecified atom stereocenters. The SMILES string of the molecule is N#CCCC(=O)C1CN(CCCCCNC(=O)c2cc(-c3cccs3)on2)C1.O=C(NCCCCCN1CC(C(=O)O)C1)c1cc(-c2cccs2)on1. The van der Waals surface area contributed by atoms with Crippen molar-refractivity contribution in [2.75, 3.05) is 52.4 Å². The smallest absolute Gasteiger partial charge is 0.309 e. The zero-order chi connectivity index (χ0) is 37.4. The molecule has 53 heavy (non-hydrogen) atoms. The van der Waals surface area contributed by atoms with Gasteiger partial charge in [0.2, 0.25) is 0 Å². The first kappa shape index (κ1) is 39.5. The molecule has 0 atom stereocenters. The monoisotopic (exact) mass is 763 g/mol. The Morgan fingerprint density at radius 3 is 1.70 bits per heavy atom. The van der Waals surface area contributed by atoms with Gasteiger partial charge in [0.25, 0.3) is 11.8 Å². The van der Waals surface area contributed by atoms with E-state index in [0.29, 0.717) is 61.9 Å². The predicted octanol–water partition coefficient (Wildman–Crippen LogP) is 5.43.